The van der Waals surface area contributed by atoms with Crippen LogP contribution in [0.4, 0.5) is 10.1 Å². The van der Waals surface area contributed by atoms with Crippen molar-refractivity contribution in [1.29, 1.82) is 0 Å². The molecular formula is C19H23Cl3FN3O. The molecule has 0 radical (unpaired) electrons. The van der Waals surface area contributed by atoms with Gasteiger partial charge in [0.2, 0.25) is 0 Å². The summed E-state index contributed by atoms with van der Waals surface area (Å²) >= 11 is 6.10. The minimum Gasteiger partial charge on any atom is -0.399 e. The number of hydrogen-bond donors (Lipinski definition) is 1. The first-order valence-corrected chi connectivity index (χ1v) is 8.63. The van der Waals surface area contributed by atoms with Crippen molar-refractivity contribution in [2.75, 3.05) is 31.9 Å². The molecule has 0 bridgehead atoms. The minimum absolute atomic E-state index is 0. The first kappa shape index (κ1) is 23.5. The van der Waals surface area contributed by atoms with Crippen molar-refractivity contribution in [2.24, 2.45) is 0 Å². The van der Waals surface area contributed by atoms with Gasteiger partial charge >= 0.3 is 0 Å². The van der Waals surface area contributed by atoms with Crippen LogP contribution in [0.15, 0.2) is 36.4 Å². The van der Waals surface area contributed by atoms with Crippen LogP contribution in [0.3, 0.4) is 0 Å². The molecule has 1 aliphatic heterocycles. The Hall–Kier alpha value is -1.53. The zero-order valence-electron chi connectivity index (χ0n) is 15.0. The molecule has 1 heterocycles. The molecule has 0 spiro atoms. The fraction of sp³-hybridized carbons (Fsp3) is 0.316. The SMILES string of the molecule is Cc1ccc(N)cc1C(=O)N1CCN(Cc2ccc(F)cc2Cl)CC1.Cl.Cl. The second-order valence-electron chi connectivity index (χ2n) is 6.38. The van der Waals surface area contributed by atoms with Crippen LogP contribution in [0.25, 0.3) is 0 Å². The van der Waals surface area contributed by atoms with E-state index in [0.717, 1.165) is 24.2 Å². The number of carbonyl (C=O) groups excluding carboxylic acids is 1. The summed E-state index contributed by atoms with van der Waals surface area (Å²) < 4.78 is 13.1. The number of carbonyl (C=O) groups is 1. The van der Waals surface area contributed by atoms with E-state index in [2.05, 4.69) is 4.90 Å². The average molecular weight is 435 g/mol. The molecule has 1 aliphatic rings. The van der Waals surface area contributed by atoms with Crippen molar-refractivity contribution in [3.05, 3.63) is 63.9 Å². The van der Waals surface area contributed by atoms with E-state index in [1.165, 1.54) is 12.1 Å². The van der Waals surface area contributed by atoms with E-state index >= 15 is 0 Å². The van der Waals surface area contributed by atoms with Crippen molar-refractivity contribution in [3.63, 3.8) is 0 Å². The van der Waals surface area contributed by atoms with E-state index in [1.807, 2.05) is 17.9 Å². The number of nitrogens with two attached hydrogens (primary N) is 1. The van der Waals surface area contributed by atoms with Crippen LogP contribution in [-0.4, -0.2) is 41.9 Å². The number of rotatable bonds is 3. The molecular weight excluding hydrogens is 412 g/mol. The summed E-state index contributed by atoms with van der Waals surface area (Å²) in [5, 5.41) is 0.439. The Labute approximate surface area is 176 Å². The van der Waals surface area contributed by atoms with Gasteiger partial charge in [-0.2, -0.15) is 0 Å². The largest absolute Gasteiger partial charge is 0.399 e. The van der Waals surface area contributed by atoms with Gasteiger partial charge in [0.1, 0.15) is 5.82 Å². The van der Waals surface area contributed by atoms with Gasteiger partial charge < -0.3 is 10.6 Å². The molecule has 2 aromatic carbocycles. The third-order valence-electron chi connectivity index (χ3n) is 4.56. The number of amides is 1. The van der Waals surface area contributed by atoms with Gasteiger partial charge in [-0.3, -0.25) is 9.69 Å². The minimum atomic E-state index is -0.332. The molecule has 2 aromatic rings. The van der Waals surface area contributed by atoms with E-state index in [4.69, 9.17) is 17.3 Å². The molecule has 0 aliphatic carbocycles. The first-order chi connectivity index (χ1) is 11.9. The van der Waals surface area contributed by atoms with Crippen molar-refractivity contribution < 1.29 is 9.18 Å². The van der Waals surface area contributed by atoms with Gasteiger partial charge in [-0.1, -0.05) is 23.7 Å². The molecule has 8 heteroatoms. The summed E-state index contributed by atoms with van der Waals surface area (Å²) in [6.07, 6.45) is 0. The Balaban J connectivity index is 0.00000182. The summed E-state index contributed by atoms with van der Waals surface area (Å²) in [4.78, 5) is 16.8. The fourth-order valence-corrected chi connectivity index (χ4v) is 3.27. The summed E-state index contributed by atoms with van der Waals surface area (Å²) in [5.41, 5.74) is 8.90. The van der Waals surface area contributed by atoms with Crippen LogP contribution in [-0.2, 0) is 6.54 Å². The predicted octanol–water partition coefficient (Wildman–Crippen LogP) is 4.17. The third kappa shape index (κ3) is 5.72. The van der Waals surface area contributed by atoms with Crippen LogP contribution in [0, 0.1) is 12.7 Å². The van der Waals surface area contributed by atoms with Gasteiger partial charge in [0.15, 0.2) is 0 Å². The molecule has 0 aromatic heterocycles. The fourth-order valence-electron chi connectivity index (χ4n) is 3.04. The Morgan fingerprint density at radius 2 is 1.78 bits per heavy atom. The maximum atomic E-state index is 13.1. The number of anilines is 1. The van der Waals surface area contributed by atoms with Crippen LogP contribution in [0.5, 0.6) is 0 Å². The lowest BCUT2D eigenvalue weighted by atomic mass is 10.1. The Morgan fingerprint density at radius 1 is 1.11 bits per heavy atom. The highest BCUT2D eigenvalue weighted by Gasteiger charge is 2.23. The lowest BCUT2D eigenvalue weighted by molar-refractivity contribution is 0.0628. The van der Waals surface area contributed by atoms with Gasteiger partial charge in [0.25, 0.3) is 5.91 Å². The lowest BCUT2D eigenvalue weighted by Gasteiger charge is -2.35. The van der Waals surface area contributed by atoms with Crippen molar-refractivity contribution in [3.8, 4) is 0 Å². The second kappa shape index (κ2) is 10.1. The van der Waals surface area contributed by atoms with Gasteiger partial charge in [-0.05, 0) is 42.3 Å². The highest BCUT2D eigenvalue weighted by Crippen LogP contribution is 2.21. The van der Waals surface area contributed by atoms with E-state index in [-0.39, 0.29) is 36.5 Å². The molecule has 3 rings (SSSR count). The van der Waals surface area contributed by atoms with Crippen molar-refractivity contribution in [1.82, 2.24) is 9.80 Å². The molecule has 1 amide bonds. The lowest BCUT2D eigenvalue weighted by Crippen LogP contribution is -2.48. The number of halogens is 4. The normalized spacial score (nSPS) is 14.3. The molecule has 148 valence electrons. The molecule has 0 saturated carbocycles. The topological polar surface area (TPSA) is 49.6 Å². The number of hydrogen-bond acceptors (Lipinski definition) is 3. The summed E-state index contributed by atoms with van der Waals surface area (Å²) in [7, 11) is 0. The van der Waals surface area contributed by atoms with Gasteiger partial charge in [0.05, 0.1) is 0 Å². The Kier molecular flexibility index (Phi) is 8.82. The van der Waals surface area contributed by atoms with Crippen LogP contribution < -0.4 is 5.73 Å². The summed E-state index contributed by atoms with van der Waals surface area (Å²) in [5.74, 6) is -0.314. The maximum absolute atomic E-state index is 13.1. The first-order valence-electron chi connectivity index (χ1n) is 8.26. The molecule has 1 saturated heterocycles. The number of nitrogens with zero attached hydrogens (tertiary/aromatic N) is 2. The van der Waals surface area contributed by atoms with Gasteiger partial charge in [-0.15, -0.1) is 24.8 Å². The van der Waals surface area contributed by atoms with E-state index in [9.17, 15) is 9.18 Å². The predicted molar refractivity (Wildman–Crippen MR) is 113 cm³/mol. The zero-order chi connectivity index (χ0) is 18.0. The molecule has 0 atom stereocenters. The maximum Gasteiger partial charge on any atom is 0.254 e. The number of aryl methyl sites for hydroxylation is 1. The Morgan fingerprint density at radius 3 is 2.41 bits per heavy atom. The zero-order valence-corrected chi connectivity index (χ0v) is 17.3. The average Bonchev–Trinajstić information content (AvgIpc) is 2.59. The highest BCUT2D eigenvalue weighted by molar-refractivity contribution is 6.31. The van der Waals surface area contributed by atoms with Crippen molar-refractivity contribution >= 4 is 48.0 Å². The number of piperazine rings is 1. The quantitative estimate of drug-likeness (QED) is 0.738. The molecule has 1 fully saturated rings. The van der Waals surface area contributed by atoms with Gasteiger partial charge in [0, 0.05) is 49.0 Å². The molecule has 27 heavy (non-hydrogen) atoms. The van der Waals surface area contributed by atoms with E-state index in [0.29, 0.717) is 35.9 Å². The van der Waals surface area contributed by atoms with E-state index < -0.39 is 0 Å². The van der Waals surface area contributed by atoms with Crippen LogP contribution in [0.2, 0.25) is 5.02 Å². The molecule has 4 nitrogen and oxygen atoms in total. The smallest absolute Gasteiger partial charge is 0.254 e. The summed E-state index contributed by atoms with van der Waals surface area (Å²) in [6, 6.07) is 9.88. The monoisotopic (exact) mass is 433 g/mol. The van der Waals surface area contributed by atoms with E-state index in [1.54, 1.807) is 18.2 Å². The van der Waals surface area contributed by atoms with Crippen LogP contribution >= 0.6 is 36.4 Å². The number of benzene rings is 2. The number of nitrogen functional groups attached to an aromatic ring is 1. The van der Waals surface area contributed by atoms with Crippen LogP contribution in [0.1, 0.15) is 21.5 Å². The molecule has 2 N–H and O–H groups in total. The van der Waals surface area contributed by atoms with Crippen molar-refractivity contribution in [2.45, 2.75) is 13.5 Å². The summed E-state index contributed by atoms with van der Waals surface area (Å²) in [6.45, 7) is 5.36. The standard InChI is InChI=1S/C19H21ClFN3O.2ClH/c1-13-2-5-16(22)11-17(13)19(25)24-8-6-23(7-9-24)12-14-3-4-15(21)10-18(14)20;;/h2-5,10-11H,6-9,12,22H2,1H3;2*1H. The second-order valence-corrected chi connectivity index (χ2v) is 6.79. The Bertz CT molecular complexity index is 796. The van der Waals surface area contributed by atoms with Gasteiger partial charge in [-0.25, -0.2) is 4.39 Å². The highest BCUT2D eigenvalue weighted by atomic mass is 35.5. The molecule has 0 unspecified atom stereocenters. The third-order valence-corrected chi connectivity index (χ3v) is 4.91.